The largest absolute Gasteiger partial charge is 0.376 e. The summed E-state index contributed by atoms with van der Waals surface area (Å²) >= 11 is 0. The maximum absolute atomic E-state index is 13.9. The second kappa shape index (κ2) is 5.48. The first kappa shape index (κ1) is 14.3. The zero-order valence-electron chi connectivity index (χ0n) is 10.7. The van der Waals surface area contributed by atoms with E-state index >= 15 is 0 Å². The molecular formula is C13H17F3N2O. The monoisotopic (exact) mass is 274 g/mol. The van der Waals surface area contributed by atoms with Crippen LogP contribution in [0.1, 0.15) is 37.3 Å². The molecule has 1 atom stereocenters. The van der Waals surface area contributed by atoms with E-state index in [2.05, 4.69) is 5.43 Å². The minimum atomic E-state index is -1.48. The summed E-state index contributed by atoms with van der Waals surface area (Å²) in [5.74, 6) is 1.58. The quantitative estimate of drug-likeness (QED) is 0.504. The van der Waals surface area contributed by atoms with Gasteiger partial charge in [0, 0.05) is 12.7 Å². The highest BCUT2D eigenvalue weighted by atomic mass is 19.2. The highest BCUT2D eigenvalue weighted by Gasteiger charge is 2.43. The van der Waals surface area contributed by atoms with Crippen molar-refractivity contribution in [2.24, 2.45) is 5.84 Å². The first-order chi connectivity index (χ1) is 9.05. The number of benzene rings is 1. The van der Waals surface area contributed by atoms with Crippen molar-refractivity contribution in [1.29, 1.82) is 0 Å². The lowest BCUT2D eigenvalue weighted by Crippen LogP contribution is -2.46. The number of nitrogens with two attached hydrogens (primary N) is 1. The fourth-order valence-corrected chi connectivity index (χ4v) is 2.87. The smallest absolute Gasteiger partial charge is 0.194 e. The number of halogens is 3. The molecule has 0 spiro atoms. The van der Waals surface area contributed by atoms with Crippen molar-refractivity contribution in [3.05, 3.63) is 35.1 Å². The van der Waals surface area contributed by atoms with Crippen molar-refractivity contribution in [3.63, 3.8) is 0 Å². The van der Waals surface area contributed by atoms with E-state index in [4.69, 9.17) is 10.6 Å². The van der Waals surface area contributed by atoms with Crippen molar-refractivity contribution in [3.8, 4) is 0 Å². The number of hydrazine groups is 1. The van der Waals surface area contributed by atoms with E-state index < -0.39 is 29.1 Å². The second-order valence-corrected chi connectivity index (χ2v) is 4.84. The van der Waals surface area contributed by atoms with E-state index in [1.54, 1.807) is 0 Å². The van der Waals surface area contributed by atoms with Crippen LogP contribution < -0.4 is 11.3 Å². The Bertz CT molecular complexity index is 461. The molecule has 1 aromatic carbocycles. The van der Waals surface area contributed by atoms with Crippen molar-refractivity contribution in [1.82, 2.24) is 5.43 Å². The Balaban J connectivity index is 2.45. The SMILES string of the molecule is COC1(C(NN)c2ccc(F)c(F)c2F)CCCC1. The molecule has 1 saturated carbocycles. The summed E-state index contributed by atoms with van der Waals surface area (Å²) in [7, 11) is 1.52. The molecule has 19 heavy (non-hydrogen) atoms. The van der Waals surface area contributed by atoms with Crippen LogP contribution in [-0.2, 0) is 4.74 Å². The van der Waals surface area contributed by atoms with E-state index in [0.29, 0.717) is 12.8 Å². The van der Waals surface area contributed by atoms with E-state index in [1.165, 1.54) is 13.2 Å². The van der Waals surface area contributed by atoms with Crippen LogP contribution in [0.15, 0.2) is 12.1 Å². The molecule has 106 valence electrons. The standard InChI is InChI=1S/C13H17F3N2O/c1-19-13(6-2-3-7-13)12(18-17)8-4-5-9(14)11(16)10(8)15/h4-5,12,18H,2-3,6-7,17H2,1H3. The fraction of sp³-hybridized carbons (Fsp3) is 0.538. The lowest BCUT2D eigenvalue weighted by Gasteiger charge is -2.36. The van der Waals surface area contributed by atoms with Crippen LogP contribution in [0.5, 0.6) is 0 Å². The van der Waals surface area contributed by atoms with Gasteiger partial charge in [0.2, 0.25) is 0 Å². The number of rotatable bonds is 4. The van der Waals surface area contributed by atoms with Crippen LogP contribution in [0.25, 0.3) is 0 Å². The van der Waals surface area contributed by atoms with Crippen LogP contribution in [-0.4, -0.2) is 12.7 Å². The molecule has 0 aromatic heterocycles. The van der Waals surface area contributed by atoms with Crippen LogP contribution in [0.4, 0.5) is 13.2 Å². The van der Waals surface area contributed by atoms with Gasteiger partial charge in [-0.15, -0.1) is 0 Å². The summed E-state index contributed by atoms with van der Waals surface area (Å²) < 4.78 is 45.7. The van der Waals surface area contributed by atoms with E-state index in [0.717, 1.165) is 18.9 Å². The lowest BCUT2D eigenvalue weighted by atomic mass is 9.86. The van der Waals surface area contributed by atoms with Gasteiger partial charge in [-0.2, -0.15) is 0 Å². The molecule has 0 heterocycles. The van der Waals surface area contributed by atoms with Gasteiger partial charge in [-0.25, -0.2) is 18.6 Å². The fourth-order valence-electron chi connectivity index (χ4n) is 2.87. The number of methoxy groups -OCH3 is 1. The molecule has 3 N–H and O–H groups in total. The average molecular weight is 274 g/mol. The van der Waals surface area contributed by atoms with Gasteiger partial charge in [-0.1, -0.05) is 18.9 Å². The Morgan fingerprint density at radius 1 is 1.21 bits per heavy atom. The highest BCUT2D eigenvalue weighted by molar-refractivity contribution is 5.26. The van der Waals surface area contributed by atoms with Crippen LogP contribution in [0.3, 0.4) is 0 Å². The first-order valence-electron chi connectivity index (χ1n) is 6.20. The third-order valence-corrected chi connectivity index (χ3v) is 3.93. The van der Waals surface area contributed by atoms with E-state index in [1.807, 2.05) is 0 Å². The molecule has 0 aliphatic heterocycles. The average Bonchev–Trinajstić information content (AvgIpc) is 2.89. The Morgan fingerprint density at radius 2 is 1.84 bits per heavy atom. The summed E-state index contributed by atoms with van der Waals surface area (Å²) in [6.07, 6.45) is 3.24. The minimum Gasteiger partial charge on any atom is -0.376 e. The molecule has 1 fully saturated rings. The number of hydrogen-bond donors (Lipinski definition) is 2. The zero-order valence-corrected chi connectivity index (χ0v) is 10.7. The Morgan fingerprint density at radius 3 is 2.37 bits per heavy atom. The summed E-state index contributed by atoms with van der Waals surface area (Å²) in [5.41, 5.74) is 1.80. The van der Waals surface area contributed by atoms with Gasteiger partial charge in [-0.3, -0.25) is 5.84 Å². The van der Waals surface area contributed by atoms with Crippen LogP contribution >= 0.6 is 0 Å². The third-order valence-electron chi connectivity index (χ3n) is 3.93. The van der Waals surface area contributed by atoms with Gasteiger partial charge in [0.1, 0.15) is 0 Å². The molecule has 0 radical (unpaired) electrons. The van der Waals surface area contributed by atoms with Crippen molar-refractivity contribution in [2.45, 2.75) is 37.3 Å². The molecule has 1 aliphatic carbocycles. The van der Waals surface area contributed by atoms with Gasteiger partial charge in [0.15, 0.2) is 17.5 Å². The number of nitrogens with one attached hydrogen (secondary N) is 1. The molecule has 1 aromatic rings. The first-order valence-corrected chi connectivity index (χ1v) is 6.20. The Hall–Kier alpha value is -1.11. The number of ether oxygens (including phenoxy) is 1. The van der Waals surface area contributed by atoms with Gasteiger partial charge < -0.3 is 4.74 Å². The van der Waals surface area contributed by atoms with E-state index in [-0.39, 0.29) is 5.56 Å². The maximum Gasteiger partial charge on any atom is 0.194 e. The predicted molar refractivity (Wildman–Crippen MR) is 64.6 cm³/mol. The minimum absolute atomic E-state index is 0.00912. The van der Waals surface area contributed by atoms with Crippen molar-refractivity contribution >= 4 is 0 Å². The number of hydrogen-bond acceptors (Lipinski definition) is 3. The molecular weight excluding hydrogens is 257 g/mol. The summed E-state index contributed by atoms with van der Waals surface area (Å²) in [5, 5.41) is 0. The highest BCUT2D eigenvalue weighted by Crippen LogP contribution is 2.43. The lowest BCUT2D eigenvalue weighted by molar-refractivity contribution is -0.0379. The van der Waals surface area contributed by atoms with Gasteiger partial charge in [0.25, 0.3) is 0 Å². The third kappa shape index (κ3) is 2.35. The predicted octanol–water partition coefficient (Wildman–Crippen LogP) is 2.57. The van der Waals surface area contributed by atoms with Crippen LogP contribution in [0.2, 0.25) is 0 Å². The summed E-state index contributed by atoms with van der Waals surface area (Å²) in [6.45, 7) is 0. The summed E-state index contributed by atoms with van der Waals surface area (Å²) in [6, 6.07) is 1.39. The van der Waals surface area contributed by atoms with Crippen molar-refractivity contribution < 1.29 is 17.9 Å². The van der Waals surface area contributed by atoms with Gasteiger partial charge in [-0.05, 0) is 18.9 Å². The zero-order chi connectivity index (χ0) is 14.0. The molecule has 3 nitrogen and oxygen atoms in total. The summed E-state index contributed by atoms with van der Waals surface area (Å²) in [4.78, 5) is 0. The normalized spacial score (nSPS) is 19.6. The van der Waals surface area contributed by atoms with Gasteiger partial charge in [0.05, 0.1) is 11.6 Å². The molecule has 0 saturated heterocycles. The van der Waals surface area contributed by atoms with E-state index in [9.17, 15) is 13.2 Å². The van der Waals surface area contributed by atoms with Gasteiger partial charge >= 0.3 is 0 Å². The molecule has 0 amide bonds. The molecule has 6 heteroatoms. The molecule has 1 aliphatic rings. The molecule has 0 bridgehead atoms. The molecule has 2 rings (SSSR count). The Kier molecular flexibility index (Phi) is 4.13. The Labute approximate surface area is 109 Å². The topological polar surface area (TPSA) is 47.3 Å². The maximum atomic E-state index is 13.9. The second-order valence-electron chi connectivity index (χ2n) is 4.84. The molecule has 1 unspecified atom stereocenters. The van der Waals surface area contributed by atoms with Crippen molar-refractivity contribution in [2.75, 3.05) is 7.11 Å². The van der Waals surface area contributed by atoms with Crippen LogP contribution in [0, 0.1) is 17.5 Å².